The first-order valence-electron chi connectivity index (χ1n) is 7.44. The molecule has 1 aliphatic rings. The number of carbonyl (C=O) groups is 1. The van der Waals surface area contributed by atoms with Gasteiger partial charge in [0.05, 0.1) is 12.7 Å². The van der Waals surface area contributed by atoms with Crippen LogP contribution in [0.1, 0.15) is 61.5 Å². The van der Waals surface area contributed by atoms with E-state index >= 15 is 0 Å². The standard InChI is InChI=1S/C18H22F2O2/c1-17(2,3)13-5-6-14(16(21)22-4)15(11-13)12-7-9-18(19,20)10-8-12/h5-7,11H,8-10H2,1-4H3. The van der Waals surface area contributed by atoms with E-state index in [9.17, 15) is 13.6 Å². The van der Waals surface area contributed by atoms with Crippen LogP contribution in [0.15, 0.2) is 24.3 Å². The maximum absolute atomic E-state index is 13.4. The van der Waals surface area contributed by atoms with Gasteiger partial charge in [0.25, 0.3) is 5.92 Å². The first kappa shape index (κ1) is 16.7. The zero-order valence-corrected chi connectivity index (χ0v) is 13.5. The molecule has 0 aromatic heterocycles. The Morgan fingerprint density at radius 1 is 1.27 bits per heavy atom. The highest BCUT2D eigenvalue weighted by atomic mass is 19.3. The molecule has 0 aliphatic heterocycles. The normalized spacial score (nSPS) is 17.8. The molecular formula is C18H22F2O2. The molecule has 0 bridgehead atoms. The molecule has 120 valence electrons. The molecule has 1 aromatic rings. The van der Waals surface area contributed by atoms with Gasteiger partial charge in [0.2, 0.25) is 0 Å². The maximum Gasteiger partial charge on any atom is 0.338 e. The second kappa shape index (κ2) is 5.82. The second-order valence-electron chi connectivity index (χ2n) is 6.79. The van der Waals surface area contributed by atoms with Gasteiger partial charge in [-0.2, -0.15) is 0 Å². The van der Waals surface area contributed by atoms with Gasteiger partial charge in [-0.3, -0.25) is 0 Å². The van der Waals surface area contributed by atoms with Crippen LogP contribution in [-0.2, 0) is 10.2 Å². The summed E-state index contributed by atoms with van der Waals surface area (Å²) in [6, 6.07) is 5.56. The van der Waals surface area contributed by atoms with Crippen LogP contribution in [0.25, 0.3) is 5.57 Å². The lowest BCUT2D eigenvalue weighted by Crippen LogP contribution is -2.19. The fourth-order valence-electron chi connectivity index (χ4n) is 2.60. The molecule has 0 saturated carbocycles. The maximum atomic E-state index is 13.4. The molecule has 2 rings (SSSR count). The van der Waals surface area contributed by atoms with Gasteiger partial charge >= 0.3 is 5.97 Å². The lowest BCUT2D eigenvalue weighted by Gasteiger charge is -2.25. The number of alkyl halides is 2. The van der Waals surface area contributed by atoms with Crippen LogP contribution in [0.3, 0.4) is 0 Å². The molecule has 0 unspecified atom stereocenters. The van der Waals surface area contributed by atoms with Crippen molar-refractivity contribution in [3.8, 4) is 0 Å². The minimum Gasteiger partial charge on any atom is -0.465 e. The fraction of sp³-hybridized carbons (Fsp3) is 0.500. The Kier molecular flexibility index (Phi) is 4.41. The van der Waals surface area contributed by atoms with Crippen molar-refractivity contribution in [2.45, 2.75) is 51.4 Å². The molecule has 1 aromatic carbocycles. The molecule has 0 fully saturated rings. The topological polar surface area (TPSA) is 26.3 Å². The predicted molar refractivity (Wildman–Crippen MR) is 83.3 cm³/mol. The van der Waals surface area contributed by atoms with Crippen LogP contribution in [0.5, 0.6) is 0 Å². The zero-order chi connectivity index (χ0) is 16.5. The number of methoxy groups -OCH3 is 1. The third-order valence-corrected chi connectivity index (χ3v) is 4.04. The lowest BCUT2D eigenvalue weighted by atomic mass is 9.82. The summed E-state index contributed by atoms with van der Waals surface area (Å²) >= 11 is 0. The number of allylic oxidation sites excluding steroid dienone is 2. The Hall–Kier alpha value is -1.71. The summed E-state index contributed by atoms with van der Waals surface area (Å²) < 4.78 is 31.5. The number of carbonyl (C=O) groups excluding carboxylic acids is 1. The molecule has 4 heteroatoms. The van der Waals surface area contributed by atoms with E-state index in [1.807, 2.05) is 12.1 Å². The van der Waals surface area contributed by atoms with E-state index in [2.05, 4.69) is 20.8 Å². The predicted octanol–water partition coefficient (Wildman–Crippen LogP) is 4.97. The van der Waals surface area contributed by atoms with E-state index in [0.29, 0.717) is 5.56 Å². The van der Waals surface area contributed by atoms with Gasteiger partial charge in [-0.1, -0.05) is 39.0 Å². The molecule has 0 atom stereocenters. The Balaban J connectivity index is 2.51. The molecule has 0 N–H and O–H groups in total. The zero-order valence-electron chi connectivity index (χ0n) is 13.5. The number of hydrogen-bond acceptors (Lipinski definition) is 2. The minimum absolute atomic E-state index is 0.0808. The summed E-state index contributed by atoms with van der Waals surface area (Å²) in [5.74, 6) is -3.08. The highest BCUT2D eigenvalue weighted by Gasteiger charge is 2.32. The highest BCUT2D eigenvalue weighted by Crippen LogP contribution is 2.38. The van der Waals surface area contributed by atoms with E-state index in [1.54, 1.807) is 12.1 Å². The van der Waals surface area contributed by atoms with Crippen molar-refractivity contribution in [2.75, 3.05) is 7.11 Å². The smallest absolute Gasteiger partial charge is 0.338 e. The Labute approximate surface area is 130 Å². The van der Waals surface area contributed by atoms with Crippen molar-refractivity contribution in [2.24, 2.45) is 0 Å². The van der Waals surface area contributed by atoms with Crippen LogP contribution in [0.4, 0.5) is 8.78 Å². The minimum atomic E-state index is -2.64. The van der Waals surface area contributed by atoms with Crippen LogP contribution < -0.4 is 0 Å². The number of benzene rings is 1. The molecule has 0 amide bonds. The van der Waals surface area contributed by atoms with Gasteiger partial charge in [0.1, 0.15) is 0 Å². The van der Waals surface area contributed by atoms with Crippen molar-refractivity contribution in [3.63, 3.8) is 0 Å². The summed E-state index contributed by atoms with van der Waals surface area (Å²) in [6.07, 6.45) is 1.37. The van der Waals surface area contributed by atoms with E-state index in [0.717, 1.165) is 16.7 Å². The molecule has 22 heavy (non-hydrogen) atoms. The fourth-order valence-corrected chi connectivity index (χ4v) is 2.60. The molecule has 2 nitrogen and oxygen atoms in total. The third kappa shape index (κ3) is 3.54. The quantitative estimate of drug-likeness (QED) is 0.721. The van der Waals surface area contributed by atoms with Crippen molar-refractivity contribution in [1.82, 2.24) is 0 Å². The average Bonchev–Trinajstić information content (AvgIpc) is 2.45. The van der Waals surface area contributed by atoms with E-state index in [-0.39, 0.29) is 24.7 Å². The Bertz CT molecular complexity index is 610. The van der Waals surface area contributed by atoms with Gasteiger partial charge in [-0.05, 0) is 34.6 Å². The summed E-state index contributed by atoms with van der Waals surface area (Å²) in [5, 5.41) is 0. The number of hydrogen-bond donors (Lipinski definition) is 0. The number of halogens is 2. The average molecular weight is 308 g/mol. The van der Waals surface area contributed by atoms with Crippen molar-refractivity contribution >= 4 is 11.5 Å². The van der Waals surface area contributed by atoms with Crippen LogP contribution >= 0.6 is 0 Å². The van der Waals surface area contributed by atoms with Gasteiger partial charge < -0.3 is 4.74 Å². The first-order chi connectivity index (χ1) is 10.1. The number of esters is 1. The lowest BCUT2D eigenvalue weighted by molar-refractivity contribution is -0.00603. The van der Waals surface area contributed by atoms with E-state index in [4.69, 9.17) is 4.74 Å². The van der Waals surface area contributed by atoms with Crippen LogP contribution in [0, 0.1) is 0 Å². The summed E-state index contributed by atoms with van der Waals surface area (Å²) in [4.78, 5) is 12.0. The van der Waals surface area contributed by atoms with E-state index < -0.39 is 11.9 Å². The van der Waals surface area contributed by atoms with E-state index in [1.165, 1.54) is 7.11 Å². The monoisotopic (exact) mass is 308 g/mol. The summed E-state index contributed by atoms with van der Waals surface area (Å²) in [7, 11) is 1.33. The first-order valence-corrected chi connectivity index (χ1v) is 7.44. The van der Waals surface area contributed by atoms with Gasteiger partial charge in [0, 0.05) is 12.8 Å². The van der Waals surface area contributed by atoms with Crippen LogP contribution in [-0.4, -0.2) is 19.0 Å². The second-order valence-corrected chi connectivity index (χ2v) is 6.79. The van der Waals surface area contributed by atoms with Gasteiger partial charge in [-0.25, -0.2) is 13.6 Å². The molecular weight excluding hydrogens is 286 g/mol. The highest BCUT2D eigenvalue weighted by molar-refractivity contribution is 5.95. The van der Waals surface area contributed by atoms with Gasteiger partial charge in [-0.15, -0.1) is 0 Å². The largest absolute Gasteiger partial charge is 0.465 e. The molecule has 0 radical (unpaired) electrons. The number of rotatable bonds is 2. The molecule has 0 saturated heterocycles. The SMILES string of the molecule is COC(=O)c1ccc(C(C)(C)C)cc1C1=CCC(F)(F)CC1. The Morgan fingerprint density at radius 2 is 1.95 bits per heavy atom. The Morgan fingerprint density at radius 3 is 2.45 bits per heavy atom. The van der Waals surface area contributed by atoms with Crippen molar-refractivity contribution < 1.29 is 18.3 Å². The van der Waals surface area contributed by atoms with Crippen molar-refractivity contribution in [3.05, 3.63) is 41.0 Å². The third-order valence-electron chi connectivity index (χ3n) is 4.04. The molecule has 0 spiro atoms. The molecule has 0 heterocycles. The van der Waals surface area contributed by atoms with Crippen molar-refractivity contribution in [1.29, 1.82) is 0 Å². The van der Waals surface area contributed by atoms with Crippen LogP contribution in [0.2, 0.25) is 0 Å². The molecule has 1 aliphatic carbocycles. The van der Waals surface area contributed by atoms with Gasteiger partial charge in [0.15, 0.2) is 0 Å². The number of ether oxygens (including phenoxy) is 1. The summed E-state index contributed by atoms with van der Waals surface area (Å²) in [5.41, 5.74) is 2.94. The summed E-state index contributed by atoms with van der Waals surface area (Å²) in [6.45, 7) is 6.23.